The van der Waals surface area contributed by atoms with Gasteiger partial charge in [0, 0.05) is 18.0 Å². The van der Waals surface area contributed by atoms with E-state index in [0.717, 1.165) is 11.1 Å². The lowest BCUT2D eigenvalue weighted by Gasteiger charge is -2.10. The number of fused-ring (bicyclic) bond motifs is 1. The first-order valence-electron chi connectivity index (χ1n) is 10.0. The summed E-state index contributed by atoms with van der Waals surface area (Å²) in [4.78, 5) is 38.8. The normalized spacial score (nSPS) is 10.8. The summed E-state index contributed by atoms with van der Waals surface area (Å²) in [5, 5.41) is 9.39. The number of benzene rings is 2. The predicted molar refractivity (Wildman–Crippen MR) is 125 cm³/mol. The Morgan fingerprint density at radius 3 is 2.62 bits per heavy atom. The molecule has 4 aromatic rings. The van der Waals surface area contributed by atoms with E-state index in [0.29, 0.717) is 21.5 Å². The van der Waals surface area contributed by atoms with Gasteiger partial charge in [0.1, 0.15) is 10.6 Å². The van der Waals surface area contributed by atoms with Crippen molar-refractivity contribution >= 4 is 39.1 Å². The largest absolute Gasteiger partial charge is 0.462 e. The Morgan fingerprint density at radius 1 is 1.16 bits per heavy atom. The lowest BCUT2D eigenvalue weighted by atomic mass is 10.0. The quantitative estimate of drug-likeness (QED) is 0.458. The first-order chi connectivity index (χ1) is 15.4. The predicted octanol–water partition coefficient (Wildman–Crippen LogP) is 4.40. The molecule has 0 aliphatic rings. The number of amides is 1. The lowest BCUT2D eigenvalue weighted by Crippen LogP contribution is -2.26. The maximum atomic E-state index is 13.1. The van der Waals surface area contributed by atoms with Crippen LogP contribution in [0, 0.1) is 6.92 Å². The lowest BCUT2D eigenvalue weighted by molar-refractivity contribution is 0.0529. The minimum Gasteiger partial charge on any atom is -0.462 e. The smallest absolute Gasteiger partial charge is 0.341 e. The van der Waals surface area contributed by atoms with Crippen LogP contribution in [0.25, 0.3) is 22.0 Å². The average molecular weight is 448 g/mol. The average Bonchev–Trinajstić information content (AvgIpc) is 3.20. The molecule has 7 nitrogen and oxygen atoms in total. The molecule has 0 bridgehead atoms. The standard InChI is InChI=1S/C24H21N3O4S/c1-4-31-24(30)19-17(15-8-6-5-7-9-15)13-32-23(19)25-22(29)20-21(28)16-12-14(2)10-11-18(16)27(3)26-20/h5-13H,4H2,1-3H3,(H,25,29). The second-order valence-electron chi connectivity index (χ2n) is 7.22. The number of aromatic nitrogens is 2. The fourth-order valence-electron chi connectivity index (χ4n) is 3.49. The van der Waals surface area contributed by atoms with Gasteiger partial charge in [0.15, 0.2) is 5.69 Å². The van der Waals surface area contributed by atoms with Crippen molar-refractivity contribution in [2.75, 3.05) is 11.9 Å². The van der Waals surface area contributed by atoms with E-state index in [-0.39, 0.29) is 17.9 Å². The number of carbonyl (C=O) groups is 2. The van der Waals surface area contributed by atoms with Crippen molar-refractivity contribution < 1.29 is 14.3 Å². The molecule has 2 aromatic heterocycles. The minimum absolute atomic E-state index is 0.197. The molecule has 0 unspecified atom stereocenters. The van der Waals surface area contributed by atoms with Crippen molar-refractivity contribution in [2.24, 2.45) is 7.05 Å². The Bertz CT molecular complexity index is 1390. The Balaban J connectivity index is 1.77. The second kappa shape index (κ2) is 8.76. The van der Waals surface area contributed by atoms with Crippen molar-refractivity contribution in [2.45, 2.75) is 13.8 Å². The molecule has 0 saturated carbocycles. The molecule has 0 atom stereocenters. The summed E-state index contributed by atoms with van der Waals surface area (Å²) < 4.78 is 6.73. The van der Waals surface area contributed by atoms with Crippen LogP contribution in [0.1, 0.15) is 33.3 Å². The van der Waals surface area contributed by atoms with Gasteiger partial charge in [-0.15, -0.1) is 11.3 Å². The zero-order valence-electron chi connectivity index (χ0n) is 17.8. The maximum Gasteiger partial charge on any atom is 0.341 e. The summed E-state index contributed by atoms with van der Waals surface area (Å²) >= 11 is 1.19. The van der Waals surface area contributed by atoms with Gasteiger partial charge in [-0.1, -0.05) is 42.0 Å². The highest BCUT2D eigenvalue weighted by molar-refractivity contribution is 7.15. The number of aryl methyl sites for hydroxylation is 2. The molecular formula is C24H21N3O4S. The molecule has 0 aliphatic carbocycles. The van der Waals surface area contributed by atoms with Crippen LogP contribution in [0.2, 0.25) is 0 Å². The third-order valence-corrected chi connectivity index (χ3v) is 5.90. The van der Waals surface area contributed by atoms with E-state index in [1.165, 1.54) is 16.0 Å². The van der Waals surface area contributed by atoms with Crippen LogP contribution in [0.15, 0.2) is 58.7 Å². The van der Waals surface area contributed by atoms with Crippen molar-refractivity contribution in [1.82, 2.24) is 9.78 Å². The molecule has 0 spiro atoms. The van der Waals surface area contributed by atoms with E-state index in [9.17, 15) is 14.4 Å². The fraction of sp³-hybridized carbons (Fsp3) is 0.167. The van der Waals surface area contributed by atoms with Crippen molar-refractivity contribution in [3.63, 3.8) is 0 Å². The molecule has 0 aliphatic heterocycles. The minimum atomic E-state index is -0.680. The number of carbonyl (C=O) groups excluding carboxylic acids is 2. The fourth-order valence-corrected chi connectivity index (χ4v) is 4.44. The Labute approximate surface area is 188 Å². The zero-order valence-corrected chi connectivity index (χ0v) is 18.7. The number of anilines is 1. The van der Waals surface area contributed by atoms with E-state index in [4.69, 9.17) is 4.74 Å². The van der Waals surface area contributed by atoms with Crippen LogP contribution in [-0.2, 0) is 11.8 Å². The molecule has 0 saturated heterocycles. The molecule has 32 heavy (non-hydrogen) atoms. The highest BCUT2D eigenvalue weighted by Gasteiger charge is 2.25. The SMILES string of the molecule is CCOC(=O)c1c(-c2ccccc2)csc1NC(=O)c1nn(C)c2ccc(C)cc2c1=O. The van der Waals surface area contributed by atoms with E-state index < -0.39 is 17.3 Å². The van der Waals surface area contributed by atoms with Gasteiger partial charge in [-0.05, 0) is 31.5 Å². The second-order valence-corrected chi connectivity index (χ2v) is 8.10. The summed E-state index contributed by atoms with van der Waals surface area (Å²) in [6, 6.07) is 14.8. The first kappa shape index (κ1) is 21.5. The van der Waals surface area contributed by atoms with Crippen molar-refractivity contribution in [3.8, 4) is 11.1 Å². The first-order valence-corrected chi connectivity index (χ1v) is 10.9. The van der Waals surface area contributed by atoms with Crippen LogP contribution < -0.4 is 10.7 Å². The molecule has 8 heteroatoms. The van der Waals surface area contributed by atoms with E-state index >= 15 is 0 Å². The number of esters is 1. The van der Waals surface area contributed by atoms with Gasteiger partial charge in [0.2, 0.25) is 5.43 Å². The van der Waals surface area contributed by atoms with Crippen LogP contribution in [0.4, 0.5) is 5.00 Å². The highest BCUT2D eigenvalue weighted by Crippen LogP contribution is 2.36. The van der Waals surface area contributed by atoms with Crippen molar-refractivity contribution in [3.05, 3.63) is 81.0 Å². The van der Waals surface area contributed by atoms with Crippen LogP contribution in [0.3, 0.4) is 0 Å². The summed E-state index contributed by atoms with van der Waals surface area (Å²) in [5.41, 5.74) is 2.56. The molecule has 2 heterocycles. The molecule has 4 rings (SSSR count). The van der Waals surface area contributed by atoms with Crippen LogP contribution >= 0.6 is 11.3 Å². The molecule has 1 N–H and O–H groups in total. The van der Waals surface area contributed by atoms with E-state index in [1.807, 2.05) is 43.3 Å². The number of thiophene rings is 1. The van der Waals surface area contributed by atoms with E-state index in [2.05, 4.69) is 10.4 Å². The van der Waals surface area contributed by atoms with Gasteiger partial charge in [0.25, 0.3) is 5.91 Å². The Hall–Kier alpha value is -3.78. The van der Waals surface area contributed by atoms with Gasteiger partial charge in [-0.2, -0.15) is 5.10 Å². The monoisotopic (exact) mass is 447 g/mol. The molecule has 1 amide bonds. The summed E-state index contributed by atoms with van der Waals surface area (Å²) in [6.07, 6.45) is 0. The van der Waals surface area contributed by atoms with Gasteiger partial charge in [-0.3, -0.25) is 14.3 Å². The molecule has 0 fully saturated rings. The Morgan fingerprint density at radius 2 is 1.91 bits per heavy atom. The summed E-state index contributed by atoms with van der Waals surface area (Å²) in [7, 11) is 1.68. The number of hydrogen-bond acceptors (Lipinski definition) is 6. The zero-order chi connectivity index (χ0) is 22.8. The number of hydrogen-bond donors (Lipinski definition) is 1. The summed E-state index contributed by atoms with van der Waals surface area (Å²) in [5.74, 6) is -1.22. The van der Waals surface area contributed by atoms with E-state index in [1.54, 1.807) is 31.5 Å². The van der Waals surface area contributed by atoms with Gasteiger partial charge in [0.05, 0.1) is 17.5 Å². The third-order valence-electron chi connectivity index (χ3n) is 5.01. The van der Waals surface area contributed by atoms with Gasteiger partial charge >= 0.3 is 5.97 Å². The third kappa shape index (κ3) is 3.92. The number of nitrogens with one attached hydrogen (secondary N) is 1. The number of nitrogens with zero attached hydrogens (tertiary/aromatic N) is 2. The van der Waals surface area contributed by atoms with Crippen LogP contribution in [0.5, 0.6) is 0 Å². The number of ether oxygens (including phenoxy) is 1. The Kier molecular flexibility index (Phi) is 5.87. The van der Waals surface area contributed by atoms with Crippen LogP contribution in [-0.4, -0.2) is 28.3 Å². The van der Waals surface area contributed by atoms with Crippen molar-refractivity contribution in [1.29, 1.82) is 0 Å². The topological polar surface area (TPSA) is 90.3 Å². The summed E-state index contributed by atoms with van der Waals surface area (Å²) in [6.45, 7) is 3.79. The molecule has 2 aromatic carbocycles. The molecule has 0 radical (unpaired) electrons. The highest BCUT2D eigenvalue weighted by atomic mass is 32.1. The van der Waals surface area contributed by atoms with Gasteiger partial charge < -0.3 is 10.1 Å². The molecular weight excluding hydrogens is 426 g/mol. The van der Waals surface area contributed by atoms with Gasteiger partial charge in [-0.25, -0.2) is 4.79 Å². The maximum absolute atomic E-state index is 13.1. The number of rotatable bonds is 5. The molecule has 162 valence electrons.